The van der Waals surface area contributed by atoms with Crippen molar-refractivity contribution in [1.29, 1.82) is 0 Å². The second kappa shape index (κ2) is 2.81. The molecule has 13 heavy (non-hydrogen) atoms. The monoisotopic (exact) mass is 179 g/mol. The maximum Gasteiger partial charge on any atom is 0.123 e. The van der Waals surface area contributed by atoms with Gasteiger partial charge in [-0.15, -0.1) is 0 Å². The molecule has 0 amide bonds. The fourth-order valence-corrected chi connectivity index (χ4v) is 1.80. The number of halogens is 1. The standard InChI is InChI=1S/C11H14FN/c1-8-5-9(7-10(12)6-8)11(2)3-4-13-11/h5-7,13H,3-4H2,1-2H3. The molecule has 0 radical (unpaired) electrons. The van der Waals surface area contributed by atoms with E-state index in [1.165, 1.54) is 0 Å². The van der Waals surface area contributed by atoms with Gasteiger partial charge < -0.3 is 5.32 Å². The van der Waals surface area contributed by atoms with E-state index in [-0.39, 0.29) is 11.4 Å². The summed E-state index contributed by atoms with van der Waals surface area (Å²) in [5, 5.41) is 3.33. The first-order valence-electron chi connectivity index (χ1n) is 4.63. The van der Waals surface area contributed by atoms with Crippen molar-refractivity contribution in [3.8, 4) is 0 Å². The summed E-state index contributed by atoms with van der Waals surface area (Å²) in [6.45, 7) is 5.07. The molecule has 0 aromatic heterocycles. The molecular formula is C11H14FN. The number of hydrogen-bond acceptors (Lipinski definition) is 1. The van der Waals surface area contributed by atoms with E-state index in [9.17, 15) is 4.39 Å². The smallest absolute Gasteiger partial charge is 0.123 e. The molecule has 1 saturated heterocycles. The Morgan fingerprint density at radius 1 is 1.38 bits per heavy atom. The molecule has 0 spiro atoms. The first kappa shape index (κ1) is 8.70. The van der Waals surface area contributed by atoms with Crippen molar-refractivity contribution in [1.82, 2.24) is 5.32 Å². The molecule has 0 saturated carbocycles. The zero-order valence-corrected chi connectivity index (χ0v) is 8.02. The second-order valence-electron chi connectivity index (χ2n) is 4.03. The second-order valence-corrected chi connectivity index (χ2v) is 4.03. The van der Waals surface area contributed by atoms with Crippen LogP contribution in [0.5, 0.6) is 0 Å². The third kappa shape index (κ3) is 1.46. The van der Waals surface area contributed by atoms with Crippen LogP contribution in [0.15, 0.2) is 18.2 Å². The van der Waals surface area contributed by atoms with Crippen LogP contribution in [0.2, 0.25) is 0 Å². The molecule has 0 bridgehead atoms. The van der Waals surface area contributed by atoms with Crippen molar-refractivity contribution in [2.75, 3.05) is 6.54 Å². The average molecular weight is 179 g/mol. The van der Waals surface area contributed by atoms with E-state index in [0.29, 0.717) is 0 Å². The van der Waals surface area contributed by atoms with Crippen molar-refractivity contribution >= 4 is 0 Å². The quantitative estimate of drug-likeness (QED) is 0.697. The Labute approximate surface area is 78.0 Å². The molecule has 1 N–H and O–H groups in total. The van der Waals surface area contributed by atoms with Crippen LogP contribution < -0.4 is 5.32 Å². The number of rotatable bonds is 1. The van der Waals surface area contributed by atoms with E-state index in [1.807, 2.05) is 6.92 Å². The van der Waals surface area contributed by atoms with Crippen molar-refractivity contribution in [2.24, 2.45) is 0 Å². The normalized spacial score (nSPS) is 27.0. The average Bonchev–Trinajstić information content (AvgIpc) is 1.98. The molecule has 1 aliphatic rings. The van der Waals surface area contributed by atoms with Gasteiger partial charge in [0.15, 0.2) is 0 Å². The van der Waals surface area contributed by atoms with Crippen molar-refractivity contribution in [3.63, 3.8) is 0 Å². The van der Waals surface area contributed by atoms with Gasteiger partial charge in [-0.25, -0.2) is 4.39 Å². The van der Waals surface area contributed by atoms with E-state index < -0.39 is 0 Å². The molecule has 1 nitrogen and oxygen atoms in total. The van der Waals surface area contributed by atoms with Crippen LogP contribution in [0, 0.1) is 12.7 Å². The lowest BCUT2D eigenvalue weighted by Gasteiger charge is -2.40. The fourth-order valence-electron chi connectivity index (χ4n) is 1.80. The van der Waals surface area contributed by atoms with Crippen LogP contribution in [-0.4, -0.2) is 6.54 Å². The lowest BCUT2D eigenvalue weighted by atomic mass is 9.82. The predicted octanol–water partition coefficient (Wildman–Crippen LogP) is 2.34. The highest BCUT2D eigenvalue weighted by Crippen LogP contribution is 2.31. The van der Waals surface area contributed by atoms with Crippen molar-refractivity contribution in [2.45, 2.75) is 25.8 Å². The first-order valence-corrected chi connectivity index (χ1v) is 4.63. The van der Waals surface area contributed by atoms with Crippen LogP contribution in [0.1, 0.15) is 24.5 Å². The first-order chi connectivity index (χ1) is 6.10. The number of nitrogens with one attached hydrogen (secondary N) is 1. The van der Waals surface area contributed by atoms with Crippen LogP contribution in [0.3, 0.4) is 0 Å². The summed E-state index contributed by atoms with van der Waals surface area (Å²) in [4.78, 5) is 0. The van der Waals surface area contributed by atoms with Gasteiger partial charge in [0.1, 0.15) is 5.82 Å². The summed E-state index contributed by atoms with van der Waals surface area (Å²) in [5.74, 6) is -0.134. The Morgan fingerprint density at radius 3 is 2.54 bits per heavy atom. The SMILES string of the molecule is Cc1cc(F)cc(C2(C)CCN2)c1. The Balaban J connectivity index is 2.39. The molecule has 70 valence electrons. The minimum atomic E-state index is -0.134. The van der Waals surface area contributed by atoms with Crippen molar-refractivity contribution in [3.05, 3.63) is 35.1 Å². The molecule has 1 aliphatic heterocycles. The van der Waals surface area contributed by atoms with Gasteiger partial charge in [0.2, 0.25) is 0 Å². The Morgan fingerprint density at radius 2 is 2.08 bits per heavy atom. The van der Waals surface area contributed by atoms with E-state index in [1.54, 1.807) is 12.1 Å². The molecule has 2 heteroatoms. The zero-order valence-electron chi connectivity index (χ0n) is 8.02. The van der Waals surface area contributed by atoms with Gasteiger partial charge in [-0.1, -0.05) is 6.07 Å². The largest absolute Gasteiger partial charge is 0.307 e. The van der Waals surface area contributed by atoms with Crippen LogP contribution in [0.25, 0.3) is 0 Å². The maximum atomic E-state index is 13.1. The fraction of sp³-hybridized carbons (Fsp3) is 0.455. The van der Waals surface area contributed by atoms with Gasteiger partial charge in [0.25, 0.3) is 0 Å². The zero-order chi connectivity index (χ0) is 9.47. The van der Waals surface area contributed by atoms with E-state index in [2.05, 4.69) is 18.3 Å². The summed E-state index contributed by atoms with van der Waals surface area (Å²) in [6.07, 6.45) is 1.09. The Bertz CT molecular complexity index is 309. The predicted molar refractivity (Wildman–Crippen MR) is 51.1 cm³/mol. The molecule has 1 atom stereocenters. The van der Waals surface area contributed by atoms with Gasteiger partial charge in [-0.05, 0) is 50.1 Å². The highest BCUT2D eigenvalue weighted by molar-refractivity contribution is 5.31. The van der Waals surface area contributed by atoms with Gasteiger partial charge in [-0.2, -0.15) is 0 Å². The Kier molecular flexibility index (Phi) is 1.88. The topological polar surface area (TPSA) is 12.0 Å². The van der Waals surface area contributed by atoms with Crippen LogP contribution in [0.4, 0.5) is 4.39 Å². The summed E-state index contributed by atoms with van der Waals surface area (Å²) in [7, 11) is 0. The van der Waals surface area contributed by atoms with Gasteiger partial charge in [0.05, 0.1) is 0 Å². The maximum absolute atomic E-state index is 13.1. The highest BCUT2D eigenvalue weighted by atomic mass is 19.1. The molecule has 1 aromatic carbocycles. The Hall–Kier alpha value is -0.890. The summed E-state index contributed by atoms with van der Waals surface area (Å²) in [6, 6.07) is 5.24. The van der Waals surface area contributed by atoms with Gasteiger partial charge in [0, 0.05) is 5.54 Å². The number of benzene rings is 1. The minimum absolute atomic E-state index is 0.00681. The van der Waals surface area contributed by atoms with E-state index in [0.717, 1.165) is 24.1 Å². The summed E-state index contributed by atoms with van der Waals surface area (Å²) in [5.41, 5.74) is 2.06. The molecule has 1 unspecified atom stereocenters. The van der Waals surface area contributed by atoms with Crippen molar-refractivity contribution < 1.29 is 4.39 Å². The third-order valence-electron chi connectivity index (χ3n) is 2.82. The van der Waals surface area contributed by atoms with Gasteiger partial charge >= 0.3 is 0 Å². The summed E-state index contributed by atoms with van der Waals surface area (Å²) < 4.78 is 13.1. The number of aryl methyl sites for hydroxylation is 1. The van der Waals surface area contributed by atoms with Gasteiger partial charge in [-0.3, -0.25) is 0 Å². The lowest BCUT2D eigenvalue weighted by Crippen LogP contribution is -2.51. The van der Waals surface area contributed by atoms with E-state index in [4.69, 9.17) is 0 Å². The lowest BCUT2D eigenvalue weighted by molar-refractivity contribution is 0.236. The molecular weight excluding hydrogens is 165 g/mol. The third-order valence-corrected chi connectivity index (χ3v) is 2.82. The van der Waals surface area contributed by atoms with Crippen LogP contribution in [-0.2, 0) is 5.54 Å². The molecule has 1 aromatic rings. The molecule has 0 aliphatic carbocycles. The van der Waals surface area contributed by atoms with E-state index >= 15 is 0 Å². The number of hydrogen-bond donors (Lipinski definition) is 1. The molecule has 2 rings (SSSR count). The molecule has 1 fully saturated rings. The summed E-state index contributed by atoms with van der Waals surface area (Å²) >= 11 is 0. The highest BCUT2D eigenvalue weighted by Gasteiger charge is 2.33. The minimum Gasteiger partial charge on any atom is -0.307 e. The molecule has 1 heterocycles. The van der Waals surface area contributed by atoms with Crippen LogP contribution >= 0.6 is 0 Å².